The van der Waals surface area contributed by atoms with Gasteiger partial charge in [-0.3, -0.25) is 14.6 Å². The van der Waals surface area contributed by atoms with Gasteiger partial charge in [-0.2, -0.15) is 0 Å². The van der Waals surface area contributed by atoms with Gasteiger partial charge in [-0.15, -0.1) is 11.6 Å². The number of hydrogen-bond acceptors (Lipinski definition) is 8. The van der Waals surface area contributed by atoms with Crippen LogP contribution < -0.4 is 10.6 Å². The summed E-state index contributed by atoms with van der Waals surface area (Å²) in [5.74, 6) is 0.833. The topological polar surface area (TPSA) is 112 Å². The third kappa shape index (κ3) is 6.34. The molecule has 1 fully saturated rings. The normalized spacial score (nSPS) is 20.6. The first kappa shape index (κ1) is 29.3. The first-order valence-electron chi connectivity index (χ1n) is 13.8. The number of rotatable bonds is 7. The number of anilines is 1. The van der Waals surface area contributed by atoms with E-state index in [0.717, 1.165) is 29.8 Å². The van der Waals surface area contributed by atoms with E-state index in [4.69, 9.17) is 27.9 Å². The Morgan fingerprint density at radius 3 is 2.71 bits per heavy atom. The number of aromatic nitrogens is 2. The van der Waals surface area contributed by atoms with Crippen molar-refractivity contribution in [2.45, 2.75) is 56.7 Å². The number of ether oxygens (including phenoxy) is 1. The molecule has 12 heteroatoms. The molecule has 2 amide bonds. The maximum absolute atomic E-state index is 13.5. The summed E-state index contributed by atoms with van der Waals surface area (Å²) in [5, 5.41) is 6.49. The molecule has 0 aliphatic carbocycles. The number of nitrogens with one attached hydrogen (secondary N) is 2. The summed E-state index contributed by atoms with van der Waals surface area (Å²) in [5.41, 5.74) is 3.52. The van der Waals surface area contributed by atoms with Gasteiger partial charge in [-0.1, -0.05) is 23.7 Å². The first-order valence-corrected chi connectivity index (χ1v) is 14.6. The summed E-state index contributed by atoms with van der Waals surface area (Å²) >= 11 is 13.0. The number of alkyl halides is 1. The van der Waals surface area contributed by atoms with E-state index in [0.29, 0.717) is 54.1 Å². The quantitative estimate of drug-likeness (QED) is 0.466. The van der Waals surface area contributed by atoms with Gasteiger partial charge < -0.3 is 25.2 Å². The van der Waals surface area contributed by atoms with E-state index in [1.165, 1.54) is 0 Å². The van der Waals surface area contributed by atoms with E-state index in [1.54, 1.807) is 24.1 Å². The molecule has 3 atom stereocenters. The van der Waals surface area contributed by atoms with Crippen LogP contribution in [0.1, 0.15) is 42.6 Å². The molecule has 0 radical (unpaired) electrons. The van der Waals surface area contributed by atoms with Crippen molar-refractivity contribution in [3.05, 3.63) is 52.2 Å². The highest BCUT2D eigenvalue weighted by molar-refractivity contribution is 6.33. The third-order valence-corrected chi connectivity index (χ3v) is 8.42. The summed E-state index contributed by atoms with van der Waals surface area (Å²) in [7, 11) is 3.83. The van der Waals surface area contributed by atoms with Crippen LogP contribution in [0.5, 0.6) is 0 Å². The number of benzene rings is 1. The van der Waals surface area contributed by atoms with Crippen LogP contribution in [-0.2, 0) is 16.1 Å². The van der Waals surface area contributed by atoms with Gasteiger partial charge in [-0.25, -0.2) is 9.97 Å². The lowest BCUT2D eigenvalue weighted by molar-refractivity contribution is -0.125. The zero-order valence-electron chi connectivity index (χ0n) is 23.7. The smallest absolute Gasteiger partial charge is 0.255 e. The van der Waals surface area contributed by atoms with Gasteiger partial charge in [0, 0.05) is 57.1 Å². The number of carbonyl (C=O) groups is 2. The van der Waals surface area contributed by atoms with Gasteiger partial charge in [0.25, 0.3) is 5.91 Å². The minimum Gasteiger partial charge on any atom is -0.381 e. The average Bonchev–Trinajstić information content (AvgIpc) is 3.29. The van der Waals surface area contributed by atoms with Crippen LogP contribution in [0, 0.1) is 0 Å². The van der Waals surface area contributed by atoms with Crippen molar-refractivity contribution in [1.29, 1.82) is 0 Å². The molecule has 1 unspecified atom stereocenters. The Hall–Kier alpha value is -3.21. The van der Waals surface area contributed by atoms with Crippen LogP contribution in [0.2, 0.25) is 5.02 Å². The lowest BCUT2D eigenvalue weighted by atomic mass is 10.0. The summed E-state index contributed by atoms with van der Waals surface area (Å²) < 4.78 is 5.43. The zero-order chi connectivity index (χ0) is 29.3. The van der Waals surface area contributed by atoms with Crippen molar-refractivity contribution in [2.24, 2.45) is 4.99 Å². The second kappa shape index (κ2) is 12.3. The number of fused-ring (bicyclic) bond motifs is 1. The van der Waals surface area contributed by atoms with Crippen molar-refractivity contribution in [1.82, 2.24) is 25.1 Å². The van der Waals surface area contributed by atoms with Gasteiger partial charge in [0.15, 0.2) is 0 Å². The molecule has 10 nitrogen and oxygen atoms in total. The predicted octanol–water partition coefficient (Wildman–Crippen LogP) is 3.74. The highest BCUT2D eigenvalue weighted by Gasteiger charge is 2.35. The number of carbonyl (C=O) groups excluding carboxylic acids is 2. The van der Waals surface area contributed by atoms with E-state index in [1.807, 2.05) is 44.1 Å². The Labute approximate surface area is 250 Å². The molecule has 4 heterocycles. The van der Waals surface area contributed by atoms with Crippen LogP contribution >= 0.6 is 23.2 Å². The fourth-order valence-electron chi connectivity index (χ4n) is 5.24. The molecule has 1 aromatic carbocycles. The number of aliphatic imine (C=N–C) groups is 1. The van der Waals surface area contributed by atoms with E-state index in [-0.39, 0.29) is 29.3 Å². The predicted molar refractivity (Wildman–Crippen MR) is 161 cm³/mol. The molecule has 41 heavy (non-hydrogen) atoms. The minimum absolute atomic E-state index is 0.211. The molecule has 1 saturated heterocycles. The Bertz CT molecular complexity index is 1390. The van der Waals surface area contributed by atoms with Crippen molar-refractivity contribution in [3.8, 4) is 11.3 Å². The molecule has 5 rings (SSSR count). The van der Waals surface area contributed by atoms with E-state index in [9.17, 15) is 9.59 Å². The third-order valence-electron chi connectivity index (χ3n) is 7.75. The maximum Gasteiger partial charge on any atom is 0.255 e. The molecule has 3 aliphatic rings. The number of amidine groups is 1. The SMILES string of the molecule is C[C@H](C(=O)N[C@H](C)C1=CC(N(C)C)=NCC1Cl)N1Cc2ccc(-c3nc(NC4CCOCC4)ncc3Cl)cc2C1=O. The standard InChI is InChI=1S/C29H35Cl2N7O3/c1-16(21-12-25(37(3)4)32-13-23(21)30)34-27(39)17(2)38-15-19-6-5-18(11-22(19)28(38)40)26-24(31)14-33-29(36-26)35-20-7-9-41-10-8-20/h5-6,11-12,14,16-17,20,23H,7-10,13,15H2,1-4H3,(H,34,39)(H,33,35,36)/t16-,17-,23?/m1/s1. The second-order valence-electron chi connectivity index (χ2n) is 10.8. The number of amides is 2. The Morgan fingerprint density at radius 1 is 1.22 bits per heavy atom. The molecule has 3 aliphatic heterocycles. The van der Waals surface area contributed by atoms with Crippen LogP contribution in [-0.4, -0.2) is 94.8 Å². The van der Waals surface area contributed by atoms with E-state index < -0.39 is 6.04 Å². The highest BCUT2D eigenvalue weighted by Crippen LogP contribution is 2.32. The van der Waals surface area contributed by atoms with Crippen LogP contribution in [0.4, 0.5) is 5.95 Å². The fraction of sp³-hybridized carbons (Fsp3) is 0.483. The molecule has 1 aromatic heterocycles. The van der Waals surface area contributed by atoms with Crippen molar-refractivity contribution < 1.29 is 14.3 Å². The van der Waals surface area contributed by atoms with Gasteiger partial charge in [0.1, 0.15) is 11.9 Å². The van der Waals surface area contributed by atoms with Crippen LogP contribution in [0.25, 0.3) is 11.3 Å². The minimum atomic E-state index is -0.682. The summed E-state index contributed by atoms with van der Waals surface area (Å²) in [6.45, 7) is 5.82. The van der Waals surface area contributed by atoms with Crippen molar-refractivity contribution in [2.75, 3.05) is 39.2 Å². The highest BCUT2D eigenvalue weighted by atomic mass is 35.5. The maximum atomic E-state index is 13.5. The number of nitrogens with zero attached hydrogens (tertiary/aromatic N) is 5. The van der Waals surface area contributed by atoms with Crippen molar-refractivity contribution in [3.63, 3.8) is 0 Å². The average molecular weight is 601 g/mol. The van der Waals surface area contributed by atoms with E-state index >= 15 is 0 Å². The lowest BCUT2D eigenvalue weighted by Gasteiger charge is -2.29. The summed E-state index contributed by atoms with van der Waals surface area (Å²) in [6.07, 6.45) is 5.24. The monoisotopic (exact) mass is 599 g/mol. The van der Waals surface area contributed by atoms with E-state index in [2.05, 4.69) is 25.6 Å². The zero-order valence-corrected chi connectivity index (χ0v) is 25.2. The van der Waals surface area contributed by atoms with Crippen LogP contribution in [0.3, 0.4) is 0 Å². The Balaban J connectivity index is 1.28. The number of hydrogen-bond donors (Lipinski definition) is 2. The molecule has 0 spiro atoms. The first-order chi connectivity index (χ1) is 19.6. The molecule has 2 N–H and O–H groups in total. The Morgan fingerprint density at radius 2 is 1.98 bits per heavy atom. The Kier molecular flexibility index (Phi) is 8.82. The number of likely N-dealkylation sites (N-methyl/N-ethyl adjacent to an activating group) is 1. The summed E-state index contributed by atoms with van der Waals surface area (Å²) in [4.78, 5) is 43.7. The molecule has 0 saturated carbocycles. The van der Waals surface area contributed by atoms with Gasteiger partial charge >= 0.3 is 0 Å². The molecule has 2 aromatic rings. The number of halogens is 2. The molecular formula is C29H35Cl2N7O3. The number of dihydropyridines is 1. The lowest BCUT2D eigenvalue weighted by Crippen LogP contribution is -2.49. The molecular weight excluding hydrogens is 565 g/mol. The molecule has 218 valence electrons. The van der Waals surface area contributed by atoms with Crippen LogP contribution in [0.15, 0.2) is 41.0 Å². The molecule has 0 bridgehead atoms. The second-order valence-corrected chi connectivity index (χ2v) is 11.8. The van der Waals surface area contributed by atoms with Gasteiger partial charge in [0.2, 0.25) is 11.9 Å². The van der Waals surface area contributed by atoms with Gasteiger partial charge in [0.05, 0.1) is 28.8 Å². The van der Waals surface area contributed by atoms with Gasteiger partial charge in [-0.05, 0) is 50.0 Å². The fourth-order valence-corrected chi connectivity index (χ4v) is 5.76. The van der Waals surface area contributed by atoms with Crippen molar-refractivity contribution >= 4 is 46.8 Å². The largest absolute Gasteiger partial charge is 0.381 e. The summed E-state index contributed by atoms with van der Waals surface area (Å²) in [6, 6.07) is 4.83.